The molecule has 1 aromatic rings. The predicted molar refractivity (Wildman–Crippen MR) is 72.0 cm³/mol. The van der Waals surface area contributed by atoms with E-state index in [9.17, 15) is 4.79 Å². The van der Waals surface area contributed by atoms with Crippen molar-refractivity contribution in [3.63, 3.8) is 0 Å². The van der Waals surface area contributed by atoms with Crippen molar-refractivity contribution in [3.8, 4) is 0 Å². The lowest BCUT2D eigenvalue weighted by molar-refractivity contribution is 0.0908. The minimum atomic E-state index is -0.146. The first-order valence-electron chi connectivity index (χ1n) is 6.05. The van der Waals surface area contributed by atoms with Crippen LogP contribution >= 0.6 is 15.9 Å². The summed E-state index contributed by atoms with van der Waals surface area (Å²) in [7, 11) is 0. The van der Waals surface area contributed by atoms with Gasteiger partial charge in [0.05, 0.1) is 0 Å². The summed E-state index contributed by atoms with van der Waals surface area (Å²) in [5, 5.41) is 2.93. The maximum absolute atomic E-state index is 11.7. The molecule has 1 rings (SSSR count). The van der Waals surface area contributed by atoms with Gasteiger partial charge in [-0.1, -0.05) is 26.7 Å². The molecule has 0 aromatic carbocycles. The lowest BCUT2D eigenvalue weighted by atomic mass is 10.0. The van der Waals surface area contributed by atoms with Gasteiger partial charge < -0.3 is 9.73 Å². The number of carbonyl (C=O) groups is 1. The van der Waals surface area contributed by atoms with E-state index in [1.807, 2.05) is 6.92 Å². The molecule has 0 radical (unpaired) electrons. The average Bonchev–Trinajstić information content (AvgIpc) is 2.64. The molecule has 1 heterocycles. The normalized spacial score (nSPS) is 12.8. The molecule has 0 aliphatic heterocycles. The van der Waals surface area contributed by atoms with Crippen LogP contribution in [0.5, 0.6) is 0 Å². The van der Waals surface area contributed by atoms with Crippen LogP contribution in [0.3, 0.4) is 0 Å². The minimum Gasteiger partial charge on any atom is -0.444 e. The third-order valence-corrected chi connectivity index (χ3v) is 3.02. The van der Waals surface area contributed by atoms with Crippen molar-refractivity contribution in [3.05, 3.63) is 22.6 Å². The van der Waals surface area contributed by atoms with E-state index >= 15 is 0 Å². The Labute approximate surface area is 111 Å². The smallest absolute Gasteiger partial charge is 0.287 e. The van der Waals surface area contributed by atoms with Crippen LogP contribution in [0.1, 0.15) is 50.6 Å². The molecule has 96 valence electrons. The SMILES string of the molecule is CC(C)CCCC(C)NC(=O)c1ccc(Br)o1. The van der Waals surface area contributed by atoms with Gasteiger partial charge in [0.25, 0.3) is 5.91 Å². The molecule has 1 amide bonds. The zero-order chi connectivity index (χ0) is 12.8. The van der Waals surface area contributed by atoms with Gasteiger partial charge in [0.1, 0.15) is 0 Å². The van der Waals surface area contributed by atoms with Gasteiger partial charge in [-0.25, -0.2) is 0 Å². The summed E-state index contributed by atoms with van der Waals surface area (Å²) in [5.41, 5.74) is 0. The Morgan fingerprint density at radius 1 is 1.35 bits per heavy atom. The van der Waals surface area contributed by atoms with Gasteiger partial charge in [0.15, 0.2) is 10.4 Å². The molecular formula is C13H20BrNO2. The summed E-state index contributed by atoms with van der Waals surface area (Å²) in [6.07, 6.45) is 3.35. The van der Waals surface area contributed by atoms with Crippen LogP contribution in [0.15, 0.2) is 21.2 Å². The Hall–Kier alpha value is -0.770. The molecule has 0 aliphatic carbocycles. The van der Waals surface area contributed by atoms with Gasteiger partial charge in [-0.2, -0.15) is 0 Å². The summed E-state index contributed by atoms with van der Waals surface area (Å²) < 4.78 is 5.77. The number of nitrogens with one attached hydrogen (secondary N) is 1. The molecule has 1 N–H and O–H groups in total. The molecule has 1 atom stereocenters. The summed E-state index contributed by atoms with van der Waals surface area (Å²) in [5.74, 6) is 0.930. The third-order valence-electron chi connectivity index (χ3n) is 2.59. The highest BCUT2D eigenvalue weighted by Gasteiger charge is 2.13. The largest absolute Gasteiger partial charge is 0.444 e. The van der Waals surface area contributed by atoms with Crippen molar-refractivity contribution in [2.24, 2.45) is 5.92 Å². The van der Waals surface area contributed by atoms with Crippen LogP contribution in [0.25, 0.3) is 0 Å². The van der Waals surface area contributed by atoms with Crippen LogP contribution in [-0.4, -0.2) is 11.9 Å². The van der Waals surface area contributed by atoms with Gasteiger partial charge in [-0.3, -0.25) is 4.79 Å². The minimum absolute atomic E-state index is 0.146. The van der Waals surface area contributed by atoms with Crippen LogP contribution in [0.4, 0.5) is 0 Å². The third kappa shape index (κ3) is 5.39. The summed E-state index contributed by atoms with van der Waals surface area (Å²) in [6.45, 7) is 6.45. The first-order valence-corrected chi connectivity index (χ1v) is 6.84. The Morgan fingerprint density at radius 2 is 2.06 bits per heavy atom. The number of rotatable bonds is 6. The molecule has 0 saturated heterocycles. The van der Waals surface area contributed by atoms with Gasteiger partial charge in [0.2, 0.25) is 0 Å². The van der Waals surface area contributed by atoms with Crippen LogP contribution in [-0.2, 0) is 0 Å². The highest BCUT2D eigenvalue weighted by Crippen LogP contribution is 2.14. The van der Waals surface area contributed by atoms with E-state index in [0.717, 1.165) is 18.8 Å². The van der Waals surface area contributed by atoms with E-state index in [4.69, 9.17) is 4.42 Å². The fraction of sp³-hybridized carbons (Fsp3) is 0.615. The standard InChI is InChI=1S/C13H20BrNO2/c1-9(2)5-4-6-10(3)15-13(16)11-7-8-12(14)17-11/h7-10H,4-6H2,1-3H3,(H,15,16). The van der Waals surface area contributed by atoms with E-state index in [1.54, 1.807) is 12.1 Å². The lowest BCUT2D eigenvalue weighted by Gasteiger charge is -2.13. The van der Waals surface area contributed by atoms with Crippen LogP contribution < -0.4 is 5.32 Å². The van der Waals surface area contributed by atoms with Crippen LogP contribution in [0, 0.1) is 5.92 Å². The molecule has 1 aromatic heterocycles. The summed E-state index contributed by atoms with van der Waals surface area (Å²) in [4.78, 5) is 11.7. The van der Waals surface area contributed by atoms with Crippen molar-refractivity contribution in [2.45, 2.75) is 46.1 Å². The molecular weight excluding hydrogens is 282 g/mol. The molecule has 0 saturated carbocycles. The van der Waals surface area contributed by atoms with E-state index in [1.165, 1.54) is 6.42 Å². The first-order chi connectivity index (χ1) is 7.99. The predicted octanol–water partition coefficient (Wildman–Crippen LogP) is 3.99. The van der Waals surface area contributed by atoms with Gasteiger partial charge in [0, 0.05) is 6.04 Å². The quantitative estimate of drug-likeness (QED) is 0.863. The second-order valence-electron chi connectivity index (χ2n) is 4.80. The molecule has 0 bridgehead atoms. The Morgan fingerprint density at radius 3 is 2.59 bits per heavy atom. The van der Waals surface area contributed by atoms with Crippen LogP contribution in [0.2, 0.25) is 0 Å². The van der Waals surface area contributed by atoms with E-state index in [2.05, 4.69) is 35.1 Å². The Kier molecular flexibility index (Phi) is 5.75. The van der Waals surface area contributed by atoms with E-state index < -0.39 is 0 Å². The fourth-order valence-corrected chi connectivity index (χ4v) is 1.94. The number of hydrogen-bond acceptors (Lipinski definition) is 2. The monoisotopic (exact) mass is 301 g/mol. The lowest BCUT2D eigenvalue weighted by Crippen LogP contribution is -2.32. The summed E-state index contributed by atoms with van der Waals surface area (Å²) in [6, 6.07) is 3.57. The zero-order valence-corrected chi connectivity index (χ0v) is 12.2. The number of hydrogen-bond donors (Lipinski definition) is 1. The first kappa shape index (κ1) is 14.3. The highest BCUT2D eigenvalue weighted by atomic mass is 79.9. The molecule has 17 heavy (non-hydrogen) atoms. The molecule has 0 fully saturated rings. The summed E-state index contributed by atoms with van der Waals surface area (Å²) >= 11 is 3.18. The fourth-order valence-electron chi connectivity index (χ4n) is 1.64. The topological polar surface area (TPSA) is 42.2 Å². The van der Waals surface area contributed by atoms with Gasteiger partial charge in [-0.15, -0.1) is 0 Å². The Bertz CT molecular complexity index is 360. The van der Waals surface area contributed by atoms with Crippen molar-refractivity contribution in [2.75, 3.05) is 0 Å². The number of amides is 1. The molecule has 0 aliphatic rings. The zero-order valence-electron chi connectivity index (χ0n) is 10.6. The van der Waals surface area contributed by atoms with Crippen molar-refractivity contribution < 1.29 is 9.21 Å². The van der Waals surface area contributed by atoms with Crippen molar-refractivity contribution in [1.29, 1.82) is 0 Å². The molecule has 1 unspecified atom stereocenters. The van der Waals surface area contributed by atoms with E-state index in [0.29, 0.717) is 10.4 Å². The second kappa shape index (κ2) is 6.84. The number of halogens is 1. The maximum atomic E-state index is 11.7. The molecule has 3 nitrogen and oxygen atoms in total. The van der Waals surface area contributed by atoms with Gasteiger partial charge in [-0.05, 0) is 47.3 Å². The maximum Gasteiger partial charge on any atom is 0.287 e. The number of furan rings is 1. The van der Waals surface area contributed by atoms with Gasteiger partial charge >= 0.3 is 0 Å². The van der Waals surface area contributed by atoms with Crippen molar-refractivity contribution in [1.82, 2.24) is 5.32 Å². The highest BCUT2D eigenvalue weighted by molar-refractivity contribution is 9.10. The van der Waals surface area contributed by atoms with Crippen molar-refractivity contribution >= 4 is 21.8 Å². The second-order valence-corrected chi connectivity index (χ2v) is 5.58. The molecule has 4 heteroatoms. The average molecular weight is 302 g/mol. The van der Waals surface area contributed by atoms with E-state index in [-0.39, 0.29) is 11.9 Å². The number of carbonyl (C=O) groups excluding carboxylic acids is 1. The Balaban J connectivity index is 2.31. The molecule has 0 spiro atoms.